The molecular formula is C24H21N5O2S. The molecule has 8 heteroatoms. The number of thioether (sulfide) groups is 1. The van der Waals surface area contributed by atoms with Gasteiger partial charge in [0.05, 0.1) is 31.8 Å². The lowest BCUT2D eigenvalue weighted by Gasteiger charge is -2.09. The Morgan fingerprint density at radius 3 is 2.56 bits per heavy atom. The second-order valence-electron chi connectivity index (χ2n) is 7.12. The molecule has 3 aromatic heterocycles. The number of benzene rings is 2. The minimum absolute atomic E-state index is 0.549. The van der Waals surface area contributed by atoms with Crippen LogP contribution in [0.2, 0.25) is 0 Å². The monoisotopic (exact) mass is 443 g/mol. The van der Waals surface area contributed by atoms with Crippen LogP contribution in [0.1, 0.15) is 11.3 Å². The molecule has 0 saturated heterocycles. The summed E-state index contributed by atoms with van der Waals surface area (Å²) in [6, 6.07) is 21.7. The summed E-state index contributed by atoms with van der Waals surface area (Å²) in [5.41, 5.74) is 3.11. The smallest absolute Gasteiger partial charge is 0.192 e. The molecule has 2 aromatic carbocycles. The zero-order chi connectivity index (χ0) is 21.8. The SMILES string of the molecule is COc1ccc(-c2nnc(SCc3cnn(-c4ccccc4)c3)n2Cc2ccco2)cc1. The van der Waals surface area contributed by atoms with Crippen LogP contribution in [0, 0.1) is 0 Å². The average molecular weight is 444 g/mol. The highest BCUT2D eigenvalue weighted by molar-refractivity contribution is 7.98. The molecule has 0 bridgehead atoms. The first-order chi connectivity index (χ1) is 15.8. The number of furan rings is 1. The maximum Gasteiger partial charge on any atom is 0.192 e. The van der Waals surface area contributed by atoms with E-state index in [-0.39, 0.29) is 0 Å². The number of methoxy groups -OCH3 is 1. The van der Waals surface area contributed by atoms with Gasteiger partial charge in [0.1, 0.15) is 11.5 Å². The van der Waals surface area contributed by atoms with Gasteiger partial charge in [-0.1, -0.05) is 30.0 Å². The van der Waals surface area contributed by atoms with E-state index in [1.807, 2.05) is 83.8 Å². The summed E-state index contributed by atoms with van der Waals surface area (Å²) >= 11 is 1.62. The Hall–Kier alpha value is -3.78. The molecular weight excluding hydrogens is 422 g/mol. The van der Waals surface area contributed by atoms with Gasteiger partial charge in [0.25, 0.3) is 0 Å². The molecule has 3 heterocycles. The van der Waals surface area contributed by atoms with Gasteiger partial charge in [0.2, 0.25) is 0 Å². The van der Waals surface area contributed by atoms with Crippen molar-refractivity contribution >= 4 is 11.8 Å². The topological polar surface area (TPSA) is 70.9 Å². The van der Waals surface area contributed by atoms with E-state index in [1.165, 1.54) is 0 Å². The summed E-state index contributed by atoms with van der Waals surface area (Å²) in [5.74, 6) is 3.16. The van der Waals surface area contributed by atoms with Gasteiger partial charge >= 0.3 is 0 Å². The van der Waals surface area contributed by atoms with Crippen LogP contribution in [0.25, 0.3) is 17.1 Å². The largest absolute Gasteiger partial charge is 0.497 e. The van der Waals surface area contributed by atoms with Crippen molar-refractivity contribution in [3.05, 3.63) is 96.7 Å². The fraction of sp³-hybridized carbons (Fsp3) is 0.125. The second kappa shape index (κ2) is 9.15. The molecule has 0 atom stereocenters. The normalized spacial score (nSPS) is 11.0. The molecule has 0 aliphatic rings. The summed E-state index contributed by atoms with van der Waals surface area (Å²) in [7, 11) is 1.66. The third-order valence-corrected chi connectivity index (χ3v) is 6.02. The molecule has 7 nitrogen and oxygen atoms in total. The fourth-order valence-corrected chi connectivity index (χ4v) is 4.20. The Labute approximate surface area is 189 Å². The van der Waals surface area contributed by atoms with Crippen molar-refractivity contribution in [3.8, 4) is 22.8 Å². The summed E-state index contributed by atoms with van der Waals surface area (Å²) in [5, 5.41) is 14.3. The van der Waals surface area contributed by atoms with E-state index in [0.717, 1.165) is 45.1 Å². The van der Waals surface area contributed by atoms with Gasteiger partial charge in [-0.05, 0) is 48.5 Å². The zero-order valence-corrected chi connectivity index (χ0v) is 18.3. The van der Waals surface area contributed by atoms with Crippen LogP contribution in [0.3, 0.4) is 0 Å². The molecule has 32 heavy (non-hydrogen) atoms. The van der Waals surface area contributed by atoms with Gasteiger partial charge in [0, 0.05) is 23.1 Å². The number of nitrogens with zero attached hydrogens (tertiary/aromatic N) is 5. The molecule has 0 aliphatic heterocycles. The van der Waals surface area contributed by atoms with Crippen molar-refractivity contribution in [2.75, 3.05) is 7.11 Å². The molecule has 0 N–H and O–H groups in total. The van der Waals surface area contributed by atoms with Gasteiger partial charge in [-0.3, -0.25) is 4.57 Å². The molecule has 0 fully saturated rings. The maximum atomic E-state index is 5.59. The van der Waals surface area contributed by atoms with Gasteiger partial charge in [-0.15, -0.1) is 10.2 Å². The first-order valence-electron chi connectivity index (χ1n) is 10.1. The van der Waals surface area contributed by atoms with E-state index < -0.39 is 0 Å². The standard InChI is InChI=1S/C24H21N5O2S/c1-30-21-11-9-19(10-12-21)23-26-27-24(28(23)16-22-8-5-13-31-22)32-17-18-14-25-29(15-18)20-6-3-2-4-7-20/h2-15H,16-17H2,1H3. The lowest BCUT2D eigenvalue weighted by atomic mass is 10.2. The van der Waals surface area contributed by atoms with E-state index >= 15 is 0 Å². The minimum atomic E-state index is 0.549. The van der Waals surface area contributed by atoms with Crippen LogP contribution in [0.15, 0.2) is 95.0 Å². The summed E-state index contributed by atoms with van der Waals surface area (Å²) in [4.78, 5) is 0. The first kappa shape index (κ1) is 20.1. The number of para-hydroxylation sites is 1. The molecule has 0 amide bonds. The summed E-state index contributed by atoms with van der Waals surface area (Å²) in [6.07, 6.45) is 5.61. The van der Waals surface area contributed by atoms with Crippen molar-refractivity contribution in [3.63, 3.8) is 0 Å². The van der Waals surface area contributed by atoms with E-state index in [4.69, 9.17) is 9.15 Å². The van der Waals surface area contributed by atoms with Crippen LogP contribution in [0.4, 0.5) is 0 Å². The van der Waals surface area contributed by atoms with Crippen molar-refractivity contribution in [1.82, 2.24) is 24.5 Å². The van der Waals surface area contributed by atoms with Gasteiger partial charge in [-0.25, -0.2) is 4.68 Å². The number of aromatic nitrogens is 5. The van der Waals surface area contributed by atoms with Crippen LogP contribution in [0.5, 0.6) is 5.75 Å². The average Bonchev–Trinajstić information content (AvgIpc) is 3.61. The minimum Gasteiger partial charge on any atom is -0.497 e. The highest BCUT2D eigenvalue weighted by Crippen LogP contribution is 2.28. The van der Waals surface area contributed by atoms with E-state index in [2.05, 4.69) is 19.9 Å². The fourth-order valence-electron chi connectivity index (χ4n) is 3.35. The Kier molecular flexibility index (Phi) is 5.76. The highest BCUT2D eigenvalue weighted by atomic mass is 32.2. The third-order valence-electron chi connectivity index (χ3n) is 4.98. The van der Waals surface area contributed by atoms with E-state index in [1.54, 1.807) is 25.1 Å². The molecule has 0 unspecified atom stereocenters. The zero-order valence-electron chi connectivity index (χ0n) is 17.5. The third kappa shape index (κ3) is 4.31. The number of rotatable bonds is 8. The first-order valence-corrected chi connectivity index (χ1v) is 11.1. The van der Waals surface area contributed by atoms with E-state index in [9.17, 15) is 0 Å². The van der Waals surface area contributed by atoms with Crippen molar-refractivity contribution in [2.45, 2.75) is 17.5 Å². The predicted molar refractivity (Wildman–Crippen MR) is 123 cm³/mol. The molecule has 0 spiro atoms. The lowest BCUT2D eigenvalue weighted by Crippen LogP contribution is -2.03. The van der Waals surface area contributed by atoms with Crippen LogP contribution >= 0.6 is 11.8 Å². The Morgan fingerprint density at radius 1 is 0.969 bits per heavy atom. The Morgan fingerprint density at radius 2 is 1.81 bits per heavy atom. The molecule has 5 rings (SSSR count). The molecule has 0 aliphatic carbocycles. The molecule has 0 saturated carbocycles. The van der Waals surface area contributed by atoms with E-state index in [0.29, 0.717) is 6.54 Å². The quantitative estimate of drug-likeness (QED) is 0.312. The van der Waals surface area contributed by atoms with Crippen LogP contribution < -0.4 is 4.74 Å². The van der Waals surface area contributed by atoms with Gasteiger partial charge in [-0.2, -0.15) is 5.10 Å². The Balaban J connectivity index is 1.39. The van der Waals surface area contributed by atoms with Gasteiger partial charge in [0.15, 0.2) is 11.0 Å². The molecule has 0 radical (unpaired) electrons. The summed E-state index contributed by atoms with van der Waals surface area (Å²) in [6.45, 7) is 0.549. The second-order valence-corrected chi connectivity index (χ2v) is 8.06. The van der Waals surface area contributed by atoms with Crippen molar-refractivity contribution in [2.24, 2.45) is 0 Å². The predicted octanol–water partition coefficient (Wildman–Crippen LogP) is 5.07. The molecule has 160 valence electrons. The van der Waals surface area contributed by atoms with Crippen LogP contribution in [-0.2, 0) is 12.3 Å². The van der Waals surface area contributed by atoms with Crippen molar-refractivity contribution in [1.29, 1.82) is 0 Å². The van der Waals surface area contributed by atoms with Gasteiger partial charge < -0.3 is 9.15 Å². The Bertz CT molecular complexity index is 1280. The number of hydrogen-bond acceptors (Lipinski definition) is 6. The lowest BCUT2D eigenvalue weighted by molar-refractivity contribution is 0.415. The molecule has 5 aromatic rings. The maximum absolute atomic E-state index is 5.59. The number of hydrogen-bond donors (Lipinski definition) is 0. The number of ether oxygens (including phenoxy) is 1. The highest BCUT2D eigenvalue weighted by Gasteiger charge is 2.16. The summed E-state index contributed by atoms with van der Waals surface area (Å²) < 4.78 is 14.8. The van der Waals surface area contributed by atoms with Crippen LogP contribution in [-0.4, -0.2) is 31.7 Å². The van der Waals surface area contributed by atoms with Crippen molar-refractivity contribution < 1.29 is 9.15 Å².